The molecule has 0 spiro atoms. The van der Waals surface area contributed by atoms with Gasteiger partial charge in [0.25, 0.3) is 0 Å². The number of halogens is 2. The highest BCUT2D eigenvalue weighted by atomic mass is 35.5. The van der Waals surface area contributed by atoms with Crippen LogP contribution in [-0.4, -0.2) is 0 Å². The zero-order valence-electron chi connectivity index (χ0n) is 10.4. The van der Waals surface area contributed by atoms with E-state index in [1.807, 2.05) is 36.4 Å². The summed E-state index contributed by atoms with van der Waals surface area (Å²) in [5.74, 6) is 0. The van der Waals surface area contributed by atoms with Crippen LogP contribution in [0.25, 0.3) is 0 Å². The fourth-order valence-electron chi connectivity index (χ4n) is 2.01. The Balaban J connectivity index is 2.49. The summed E-state index contributed by atoms with van der Waals surface area (Å²) in [4.78, 5) is 0. The molecule has 0 aromatic heterocycles. The van der Waals surface area contributed by atoms with Crippen LogP contribution in [-0.2, 0) is 5.41 Å². The molecule has 0 aliphatic heterocycles. The normalized spacial score (nSPS) is 11.6. The summed E-state index contributed by atoms with van der Waals surface area (Å²) in [6.07, 6.45) is 0. The smallest absolute Gasteiger partial charge is 0.0429 e. The van der Waals surface area contributed by atoms with Crippen molar-refractivity contribution in [2.75, 3.05) is 5.73 Å². The van der Waals surface area contributed by atoms with Crippen molar-refractivity contribution in [1.29, 1.82) is 0 Å². The summed E-state index contributed by atoms with van der Waals surface area (Å²) < 4.78 is 0. The van der Waals surface area contributed by atoms with E-state index in [4.69, 9.17) is 28.9 Å². The molecule has 0 saturated carbocycles. The number of nitrogens with two attached hydrogens (primary N) is 1. The average molecular weight is 280 g/mol. The van der Waals surface area contributed by atoms with Gasteiger partial charge in [-0.25, -0.2) is 0 Å². The fourth-order valence-corrected chi connectivity index (χ4v) is 2.38. The molecule has 1 nitrogen and oxygen atoms in total. The lowest BCUT2D eigenvalue weighted by Crippen LogP contribution is -2.19. The second kappa shape index (κ2) is 4.83. The van der Waals surface area contributed by atoms with E-state index < -0.39 is 0 Å². The Hall–Kier alpha value is -1.18. The van der Waals surface area contributed by atoms with Gasteiger partial charge in [0.05, 0.1) is 0 Å². The Morgan fingerprint density at radius 1 is 0.833 bits per heavy atom. The average Bonchev–Trinajstić information content (AvgIpc) is 2.28. The molecule has 18 heavy (non-hydrogen) atoms. The van der Waals surface area contributed by atoms with Gasteiger partial charge in [0.2, 0.25) is 0 Å². The Kier molecular flexibility index (Phi) is 3.56. The molecule has 2 aromatic rings. The van der Waals surface area contributed by atoms with Crippen LogP contribution in [0.2, 0.25) is 10.0 Å². The van der Waals surface area contributed by atoms with Crippen molar-refractivity contribution in [1.82, 2.24) is 0 Å². The highest BCUT2D eigenvalue weighted by Gasteiger charge is 2.23. The number of hydrogen-bond acceptors (Lipinski definition) is 1. The number of nitrogen functional groups attached to an aromatic ring is 1. The minimum Gasteiger partial charge on any atom is -0.399 e. The minimum absolute atomic E-state index is 0.163. The Morgan fingerprint density at radius 2 is 1.44 bits per heavy atom. The quantitative estimate of drug-likeness (QED) is 0.778. The third-order valence-electron chi connectivity index (χ3n) is 3.21. The molecule has 0 atom stereocenters. The van der Waals surface area contributed by atoms with E-state index in [0.717, 1.165) is 10.6 Å². The molecular formula is C15H15Cl2N. The van der Waals surface area contributed by atoms with E-state index >= 15 is 0 Å². The summed E-state index contributed by atoms with van der Waals surface area (Å²) in [5.41, 5.74) is 8.64. The lowest BCUT2D eigenvalue weighted by molar-refractivity contribution is 0.641. The number of hydrogen-bond donors (Lipinski definition) is 1. The van der Waals surface area contributed by atoms with E-state index in [-0.39, 0.29) is 5.41 Å². The molecular weight excluding hydrogens is 265 g/mol. The van der Waals surface area contributed by atoms with Crippen molar-refractivity contribution in [3.63, 3.8) is 0 Å². The predicted octanol–water partition coefficient (Wildman–Crippen LogP) is 4.90. The number of benzene rings is 2. The fraction of sp³-hybridized carbons (Fsp3) is 0.200. The maximum atomic E-state index is 6.07. The summed E-state index contributed by atoms with van der Waals surface area (Å²) in [7, 11) is 0. The monoisotopic (exact) mass is 279 g/mol. The van der Waals surface area contributed by atoms with E-state index in [1.165, 1.54) is 5.56 Å². The molecule has 2 rings (SSSR count). The van der Waals surface area contributed by atoms with E-state index in [0.29, 0.717) is 10.7 Å². The van der Waals surface area contributed by atoms with Gasteiger partial charge in [-0.3, -0.25) is 0 Å². The molecule has 0 fully saturated rings. The lowest BCUT2D eigenvalue weighted by Gasteiger charge is -2.26. The van der Waals surface area contributed by atoms with Gasteiger partial charge >= 0.3 is 0 Å². The molecule has 94 valence electrons. The highest BCUT2D eigenvalue weighted by Crippen LogP contribution is 2.34. The second-order valence-electron chi connectivity index (χ2n) is 4.91. The first-order valence-corrected chi connectivity index (χ1v) is 6.48. The van der Waals surface area contributed by atoms with Crippen LogP contribution >= 0.6 is 23.2 Å². The van der Waals surface area contributed by atoms with Crippen LogP contribution in [0.4, 0.5) is 5.69 Å². The molecule has 0 radical (unpaired) electrons. The molecule has 0 unspecified atom stereocenters. The van der Waals surface area contributed by atoms with Gasteiger partial charge in [0, 0.05) is 21.1 Å². The molecule has 0 amide bonds. The SMILES string of the molecule is CC(C)(c1ccc(Cl)cc1)c1cc(N)cc(Cl)c1. The van der Waals surface area contributed by atoms with Gasteiger partial charge in [0.15, 0.2) is 0 Å². The first kappa shape index (κ1) is 13.3. The zero-order chi connectivity index (χ0) is 13.3. The third-order valence-corrected chi connectivity index (χ3v) is 3.68. The van der Waals surface area contributed by atoms with Crippen LogP contribution in [0.3, 0.4) is 0 Å². The van der Waals surface area contributed by atoms with Crippen LogP contribution in [0.15, 0.2) is 42.5 Å². The predicted molar refractivity (Wildman–Crippen MR) is 79.4 cm³/mol. The highest BCUT2D eigenvalue weighted by molar-refractivity contribution is 6.31. The molecule has 0 aliphatic rings. The van der Waals surface area contributed by atoms with Gasteiger partial charge in [-0.15, -0.1) is 0 Å². The van der Waals surface area contributed by atoms with Crippen molar-refractivity contribution >= 4 is 28.9 Å². The molecule has 0 aliphatic carbocycles. The first-order valence-electron chi connectivity index (χ1n) is 5.72. The van der Waals surface area contributed by atoms with Crippen LogP contribution in [0.5, 0.6) is 0 Å². The van der Waals surface area contributed by atoms with Crippen molar-refractivity contribution in [2.45, 2.75) is 19.3 Å². The maximum absolute atomic E-state index is 6.07. The summed E-state index contributed by atoms with van der Waals surface area (Å²) in [5, 5.41) is 1.40. The zero-order valence-corrected chi connectivity index (χ0v) is 11.9. The second-order valence-corrected chi connectivity index (χ2v) is 5.78. The van der Waals surface area contributed by atoms with Gasteiger partial charge in [-0.05, 0) is 41.5 Å². The standard InChI is InChI=1S/C15H15Cl2N/c1-15(2,10-3-5-12(16)6-4-10)11-7-13(17)9-14(18)8-11/h3-9H,18H2,1-2H3. The van der Waals surface area contributed by atoms with Crippen LogP contribution < -0.4 is 5.73 Å². The van der Waals surface area contributed by atoms with Crippen molar-refractivity contribution in [3.8, 4) is 0 Å². The van der Waals surface area contributed by atoms with Gasteiger partial charge in [-0.2, -0.15) is 0 Å². The minimum atomic E-state index is -0.163. The topological polar surface area (TPSA) is 26.0 Å². The largest absolute Gasteiger partial charge is 0.399 e. The lowest BCUT2D eigenvalue weighted by atomic mass is 9.78. The summed E-state index contributed by atoms with van der Waals surface area (Å²) >= 11 is 12.0. The van der Waals surface area contributed by atoms with Crippen LogP contribution in [0, 0.1) is 0 Å². The van der Waals surface area contributed by atoms with Gasteiger partial charge in [0.1, 0.15) is 0 Å². The van der Waals surface area contributed by atoms with Crippen molar-refractivity contribution in [3.05, 3.63) is 63.6 Å². The van der Waals surface area contributed by atoms with E-state index in [1.54, 1.807) is 6.07 Å². The molecule has 2 aromatic carbocycles. The van der Waals surface area contributed by atoms with E-state index in [9.17, 15) is 0 Å². The van der Waals surface area contributed by atoms with Crippen molar-refractivity contribution < 1.29 is 0 Å². The van der Waals surface area contributed by atoms with Gasteiger partial charge < -0.3 is 5.73 Å². The molecule has 0 saturated heterocycles. The molecule has 2 N–H and O–H groups in total. The Morgan fingerprint density at radius 3 is 2.00 bits per heavy atom. The van der Waals surface area contributed by atoms with E-state index in [2.05, 4.69) is 13.8 Å². The maximum Gasteiger partial charge on any atom is 0.0429 e. The van der Waals surface area contributed by atoms with Crippen LogP contribution in [0.1, 0.15) is 25.0 Å². The number of anilines is 1. The summed E-state index contributed by atoms with van der Waals surface area (Å²) in [6, 6.07) is 13.5. The third kappa shape index (κ3) is 2.63. The summed E-state index contributed by atoms with van der Waals surface area (Å²) in [6.45, 7) is 4.28. The molecule has 0 bridgehead atoms. The molecule has 3 heteroatoms. The van der Waals surface area contributed by atoms with Crippen molar-refractivity contribution in [2.24, 2.45) is 0 Å². The number of rotatable bonds is 2. The molecule has 0 heterocycles. The van der Waals surface area contributed by atoms with Gasteiger partial charge in [-0.1, -0.05) is 49.2 Å². The Bertz CT molecular complexity index is 539. The first-order chi connectivity index (χ1) is 8.39. The Labute approximate surface area is 118 Å².